The first kappa shape index (κ1) is 23.0. The van der Waals surface area contributed by atoms with Gasteiger partial charge >= 0.3 is 6.09 Å². The molecule has 168 valence electrons. The maximum Gasteiger partial charge on any atom is 0.412 e. The van der Waals surface area contributed by atoms with Crippen molar-refractivity contribution < 1.29 is 19.1 Å². The number of pyridine rings is 1. The van der Waals surface area contributed by atoms with E-state index in [2.05, 4.69) is 29.2 Å². The number of nitrogens with zero attached hydrogens (tertiary/aromatic N) is 3. The fourth-order valence-corrected chi connectivity index (χ4v) is 3.17. The molecule has 0 aliphatic heterocycles. The normalized spacial score (nSPS) is 11.3. The Balaban J connectivity index is 1.83. The molecule has 3 rings (SSSR count). The molecule has 8 nitrogen and oxygen atoms in total. The molecule has 1 N–H and O–H groups in total. The summed E-state index contributed by atoms with van der Waals surface area (Å²) in [7, 11) is 0. The molecule has 0 aliphatic carbocycles. The fraction of sp³-hybridized carbons (Fsp3) is 0.333. The third kappa shape index (κ3) is 5.51. The largest absolute Gasteiger partial charge is 0.488 e. The quantitative estimate of drug-likeness (QED) is 0.507. The zero-order chi connectivity index (χ0) is 23.3. The van der Waals surface area contributed by atoms with Crippen molar-refractivity contribution in [3.05, 3.63) is 59.9 Å². The number of aldehydes is 1. The summed E-state index contributed by atoms with van der Waals surface area (Å²) >= 11 is 0. The number of aromatic nitrogens is 3. The molecule has 0 aliphatic rings. The molecule has 1 aromatic carbocycles. The van der Waals surface area contributed by atoms with Gasteiger partial charge in [-0.1, -0.05) is 12.1 Å². The number of ether oxygens (including phenoxy) is 2. The lowest BCUT2D eigenvalue weighted by molar-refractivity contribution is 0.0636. The van der Waals surface area contributed by atoms with Crippen molar-refractivity contribution in [3.63, 3.8) is 0 Å². The molecule has 0 saturated heterocycles. The lowest BCUT2D eigenvalue weighted by Gasteiger charge is -2.20. The summed E-state index contributed by atoms with van der Waals surface area (Å²) in [5, 5.41) is 6.99. The Labute approximate surface area is 187 Å². The van der Waals surface area contributed by atoms with Gasteiger partial charge < -0.3 is 9.47 Å². The van der Waals surface area contributed by atoms with Crippen LogP contribution in [0.5, 0.6) is 5.75 Å². The smallest absolute Gasteiger partial charge is 0.412 e. The topological polar surface area (TPSA) is 95.3 Å². The average molecular weight is 437 g/mol. The van der Waals surface area contributed by atoms with Crippen molar-refractivity contribution in [1.82, 2.24) is 14.8 Å². The molecule has 0 saturated carbocycles. The van der Waals surface area contributed by atoms with E-state index in [9.17, 15) is 9.59 Å². The molecule has 8 heteroatoms. The number of carbonyl (C=O) groups excluding carboxylic acids is 2. The zero-order valence-electron chi connectivity index (χ0n) is 19.0. The number of rotatable bonds is 7. The van der Waals surface area contributed by atoms with Gasteiger partial charge in [-0.2, -0.15) is 5.10 Å². The first-order valence-electron chi connectivity index (χ1n) is 10.4. The van der Waals surface area contributed by atoms with Gasteiger partial charge in [0.05, 0.1) is 22.6 Å². The van der Waals surface area contributed by atoms with Gasteiger partial charge in [0.2, 0.25) is 0 Å². The Hall–Kier alpha value is -3.68. The number of anilines is 1. The molecule has 2 heterocycles. The predicted molar refractivity (Wildman–Crippen MR) is 122 cm³/mol. The van der Waals surface area contributed by atoms with Gasteiger partial charge in [0, 0.05) is 24.0 Å². The second kappa shape index (κ2) is 9.64. The van der Waals surface area contributed by atoms with Gasteiger partial charge in [0.25, 0.3) is 0 Å². The number of benzene rings is 1. The molecule has 0 unspecified atom stereocenters. The summed E-state index contributed by atoms with van der Waals surface area (Å²) in [5.41, 5.74) is 2.38. The van der Waals surface area contributed by atoms with E-state index in [4.69, 9.17) is 9.47 Å². The van der Waals surface area contributed by atoms with Crippen LogP contribution in [0, 0.1) is 0 Å². The Morgan fingerprint density at radius 3 is 2.62 bits per heavy atom. The molecule has 1 amide bonds. The van der Waals surface area contributed by atoms with Crippen molar-refractivity contribution in [2.75, 3.05) is 5.32 Å². The van der Waals surface area contributed by atoms with Gasteiger partial charge in [-0.15, -0.1) is 0 Å². The van der Waals surface area contributed by atoms with E-state index >= 15 is 0 Å². The second-order valence-electron chi connectivity index (χ2n) is 8.52. The SMILES string of the molecule is CC(C)n1nccc1-c1ncccc1COc1cccc(NC(=O)OC(C)(C)C)c1C=O. The van der Waals surface area contributed by atoms with E-state index in [0.29, 0.717) is 17.7 Å². The summed E-state index contributed by atoms with van der Waals surface area (Å²) in [6.45, 7) is 9.59. The van der Waals surface area contributed by atoms with Gasteiger partial charge in [-0.05, 0) is 58.9 Å². The standard InChI is InChI=1S/C24H28N4O4/c1-16(2)28-20(11-13-26-28)22-17(8-7-12-25-22)15-31-21-10-6-9-19(18(21)14-29)27-23(30)32-24(3,4)5/h6-14,16H,15H2,1-5H3,(H,27,30). The molecule has 0 fully saturated rings. The first-order chi connectivity index (χ1) is 15.2. The van der Waals surface area contributed by atoms with Crippen LogP contribution in [0.15, 0.2) is 48.8 Å². The van der Waals surface area contributed by atoms with Crippen LogP contribution >= 0.6 is 0 Å². The minimum atomic E-state index is -0.654. The van der Waals surface area contributed by atoms with Crippen molar-refractivity contribution in [2.24, 2.45) is 0 Å². The van der Waals surface area contributed by atoms with Crippen LogP contribution < -0.4 is 10.1 Å². The third-order valence-electron chi connectivity index (χ3n) is 4.50. The van der Waals surface area contributed by atoms with Crippen LogP contribution in [-0.4, -0.2) is 32.7 Å². The molecule has 3 aromatic rings. The highest BCUT2D eigenvalue weighted by atomic mass is 16.6. The number of hydrogen-bond donors (Lipinski definition) is 1. The minimum absolute atomic E-state index is 0.174. The van der Waals surface area contributed by atoms with E-state index in [0.717, 1.165) is 17.0 Å². The average Bonchev–Trinajstić information content (AvgIpc) is 3.21. The Bertz CT molecular complexity index is 1100. The Kier molecular flexibility index (Phi) is 6.92. The van der Waals surface area contributed by atoms with Gasteiger partial charge in [-0.25, -0.2) is 4.79 Å². The van der Waals surface area contributed by atoms with Crippen molar-refractivity contribution in [3.8, 4) is 17.1 Å². The van der Waals surface area contributed by atoms with Crippen molar-refractivity contribution in [1.29, 1.82) is 0 Å². The summed E-state index contributed by atoms with van der Waals surface area (Å²) in [4.78, 5) is 28.5. The van der Waals surface area contributed by atoms with E-state index in [1.165, 1.54) is 0 Å². The van der Waals surface area contributed by atoms with Crippen LogP contribution in [0.3, 0.4) is 0 Å². The van der Waals surface area contributed by atoms with Gasteiger partial charge in [-0.3, -0.25) is 19.8 Å². The molecular formula is C24H28N4O4. The molecule has 0 atom stereocenters. The van der Waals surface area contributed by atoms with E-state index in [-0.39, 0.29) is 18.2 Å². The summed E-state index contributed by atoms with van der Waals surface area (Å²) < 4.78 is 13.2. The van der Waals surface area contributed by atoms with Gasteiger partial charge in [0.15, 0.2) is 6.29 Å². The van der Waals surface area contributed by atoms with Crippen LogP contribution in [0.4, 0.5) is 10.5 Å². The highest BCUT2D eigenvalue weighted by Crippen LogP contribution is 2.28. The minimum Gasteiger partial charge on any atom is -0.488 e. The van der Waals surface area contributed by atoms with Crippen molar-refractivity contribution >= 4 is 18.1 Å². The van der Waals surface area contributed by atoms with Crippen molar-refractivity contribution in [2.45, 2.75) is 52.9 Å². The summed E-state index contributed by atoms with van der Waals surface area (Å²) in [5.74, 6) is 0.348. The molecule has 0 spiro atoms. The number of amides is 1. The molecular weight excluding hydrogens is 408 g/mol. The first-order valence-corrected chi connectivity index (χ1v) is 10.4. The van der Waals surface area contributed by atoms with E-state index in [1.807, 2.05) is 22.9 Å². The highest BCUT2D eigenvalue weighted by Gasteiger charge is 2.19. The molecule has 32 heavy (non-hydrogen) atoms. The Morgan fingerprint density at radius 2 is 1.94 bits per heavy atom. The van der Waals surface area contributed by atoms with E-state index < -0.39 is 11.7 Å². The van der Waals surface area contributed by atoms with Crippen LogP contribution in [0.25, 0.3) is 11.4 Å². The predicted octanol–water partition coefficient (Wildman–Crippen LogP) is 5.26. The third-order valence-corrected chi connectivity index (χ3v) is 4.50. The number of carbonyl (C=O) groups is 2. The van der Waals surface area contributed by atoms with E-state index in [1.54, 1.807) is 51.4 Å². The molecule has 2 aromatic heterocycles. The summed E-state index contributed by atoms with van der Waals surface area (Å²) in [6, 6.07) is 10.8. The fourth-order valence-electron chi connectivity index (χ4n) is 3.17. The van der Waals surface area contributed by atoms with Crippen LogP contribution in [-0.2, 0) is 11.3 Å². The maximum atomic E-state index is 12.1. The lowest BCUT2D eigenvalue weighted by atomic mass is 10.1. The maximum absolute atomic E-state index is 12.1. The highest BCUT2D eigenvalue weighted by molar-refractivity contribution is 5.95. The lowest BCUT2D eigenvalue weighted by Crippen LogP contribution is -2.27. The number of nitrogens with one attached hydrogen (secondary N) is 1. The van der Waals surface area contributed by atoms with Gasteiger partial charge in [0.1, 0.15) is 18.0 Å². The molecule has 0 radical (unpaired) electrons. The Morgan fingerprint density at radius 1 is 1.16 bits per heavy atom. The second-order valence-corrected chi connectivity index (χ2v) is 8.52. The number of hydrogen-bond acceptors (Lipinski definition) is 6. The summed E-state index contributed by atoms with van der Waals surface area (Å²) in [6.07, 6.45) is 3.47. The van der Waals surface area contributed by atoms with Crippen LogP contribution in [0.2, 0.25) is 0 Å². The zero-order valence-corrected chi connectivity index (χ0v) is 19.0. The monoisotopic (exact) mass is 436 g/mol. The molecule has 0 bridgehead atoms. The van der Waals surface area contributed by atoms with Crippen LogP contribution in [0.1, 0.15) is 56.6 Å².